The van der Waals surface area contributed by atoms with Gasteiger partial charge in [0.05, 0.1) is 5.56 Å². The molecular formula is C15H9BrO4. The van der Waals surface area contributed by atoms with Crippen molar-refractivity contribution in [3.05, 3.63) is 69.7 Å². The van der Waals surface area contributed by atoms with Crippen LogP contribution < -0.4 is 0 Å². The van der Waals surface area contributed by atoms with Gasteiger partial charge in [0, 0.05) is 15.6 Å². The number of benzene rings is 2. The molecule has 0 amide bonds. The number of hydrogen-bond acceptors (Lipinski definition) is 4. The maximum atomic E-state index is 12.4. The minimum absolute atomic E-state index is 0.179. The van der Waals surface area contributed by atoms with Crippen LogP contribution in [0, 0.1) is 0 Å². The number of esters is 1. The summed E-state index contributed by atoms with van der Waals surface area (Å²) < 4.78 is 5.73. The summed E-state index contributed by atoms with van der Waals surface area (Å²) in [4.78, 5) is 24.2. The molecule has 0 radical (unpaired) electrons. The largest absolute Gasteiger partial charge is 0.417 e. The Morgan fingerprint density at radius 3 is 2.45 bits per heavy atom. The van der Waals surface area contributed by atoms with E-state index in [2.05, 4.69) is 15.9 Å². The topological polar surface area (TPSA) is 63.6 Å². The van der Waals surface area contributed by atoms with Gasteiger partial charge in [-0.2, -0.15) is 0 Å². The van der Waals surface area contributed by atoms with Crippen LogP contribution in [-0.4, -0.2) is 16.9 Å². The van der Waals surface area contributed by atoms with Crippen LogP contribution in [0.1, 0.15) is 26.3 Å². The third-order valence-corrected chi connectivity index (χ3v) is 3.70. The predicted molar refractivity (Wildman–Crippen MR) is 74.2 cm³/mol. The average Bonchev–Trinajstić information content (AvgIpc) is 2.72. The SMILES string of the molecule is O=C1OC(O)(C(=O)c2ccc(Br)cc2)c2ccccc21. The molecule has 1 aliphatic heterocycles. The summed E-state index contributed by atoms with van der Waals surface area (Å²) in [5, 5.41) is 10.5. The Balaban J connectivity index is 2.08. The molecule has 3 rings (SSSR count). The molecule has 1 heterocycles. The number of ketones is 1. The fourth-order valence-corrected chi connectivity index (χ4v) is 2.43. The molecule has 1 atom stereocenters. The highest BCUT2D eigenvalue weighted by atomic mass is 79.9. The summed E-state index contributed by atoms with van der Waals surface area (Å²) in [5.41, 5.74) is 0.651. The first-order valence-electron chi connectivity index (χ1n) is 5.88. The van der Waals surface area contributed by atoms with Gasteiger partial charge in [-0.3, -0.25) is 4.79 Å². The molecule has 2 aromatic rings. The van der Waals surface area contributed by atoms with Crippen LogP contribution in [-0.2, 0) is 10.5 Å². The second-order valence-corrected chi connectivity index (χ2v) is 5.33. The van der Waals surface area contributed by atoms with Crippen molar-refractivity contribution in [3.63, 3.8) is 0 Å². The van der Waals surface area contributed by atoms with E-state index in [9.17, 15) is 14.7 Å². The zero-order valence-electron chi connectivity index (χ0n) is 10.2. The standard InChI is InChI=1S/C15H9BrO4/c16-10-7-5-9(6-8-10)13(17)15(19)12-4-2-1-3-11(12)14(18)20-15/h1-8,19H. The molecule has 20 heavy (non-hydrogen) atoms. The number of ether oxygens (including phenoxy) is 1. The zero-order chi connectivity index (χ0) is 14.3. The smallest absolute Gasteiger partial charge is 0.341 e. The fraction of sp³-hybridized carbons (Fsp3) is 0.0667. The van der Waals surface area contributed by atoms with Crippen molar-refractivity contribution in [2.24, 2.45) is 0 Å². The Morgan fingerprint density at radius 1 is 1.10 bits per heavy atom. The summed E-state index contributed by atoms with van der Waals surface area (Å²) in [6, 6.07) is 12.8. The number of halogens is 1. The van der Waals surface area contributed by atoms with Crippen LogP contribution in [0.2, 0.25) is 0 Å². The van der Waals surface area contributed by atoms with E-state index >= 15 is 0 Å². The Kier molecular flexibility index (Phi) is 2.96. The van der Waals surface area contributed by atoms with Crippen molar-refractivity contribution < 1.29 is 19.4 Å². The average molecular weight is 333 g/mol. The lowest BCUT2D eigenvalue weighted by Crippen LogP contribution is -2.35. The van der Waals surface area contributed by atoms with Crippen LogP contribution >= 0.6 is 15.9 Å². The summed E-state index contributed by atoms with van der Waals surface area (Å²) in [7, 11) is 0. The second-order valence-electron chi connectivity index (χ2n) is 4.42. The van der Waals surface area contributed by atoms with Gasteiger partial charge in [-0.05, 0) is 18.2 Å². The number of fused-ring (bicyclic) bond motifs is 1. The van der Waals surface area contributed by atoms with Crippen LogP contribution in [0.3, 0.4) is 0 Å². The quantitative estimate of drug-likeness (QED) is 0.678. The third kappa shape index (κ3) is 1.87. The van der Waals surface area contributed by atoms with E-state index < -0.39 is 17.5 Å². The van der Waals surface area contributed by atoms with E-state index in [1.165, 1.54) is 12.1 Å². The summed E-state index contributed by atoms with van der Waals surface area (Å²) in [5.74, 6) is -3.61. The number of aliphatic hydroxyl groups is 1. The molecule has 2 aromatic carbocycles. The van der Waals surface area contributed by atoms with Gasteiger partial charge < -0.3 is 9.84 Å². The zero-order valence-corrected chi connectivity index (χ0v) is 11.8. The molecule has 0 aromatic heterocycles. The molecule has 4 nitrogen and oxygen atoms in total. The molecule has 1 unspecified atom stereocenters. The van der Waals surface area contributed by atoms with Crippen molar-refractivity contribution >= 4 is 27.7 Å². The van der Waals surface area contributed by atoms with Crippen LogP contribution in [0.25, 0.3) is 0 Å². The third-order valence-electron chi connectivity index (χ3n) is 3.17. The molecule has 1 N–H and O–H groups in total. The molecular weight excluding hydrogens is 324 g/mol. The number of hydrogen-bond donors (Lipinski definition) is 1. The minimum Gasteiger partial charge on any atom is -0.417 e. The molecule has 0 fully saturated rings. The molecule has 0 saturated carbocycles. The van der Waals surface area contributed by atoms with Crippen molar-refractivity contribution in [1.29, 1.82) is 0 Å². The van der Waals surface area contributed by atoms with Crippen molar-refractivity contribution in [2.45, 2.75) is 5.79 Å². The van der Waals surface area contributed by atoms with Crippen molar-refractivity contribution in [1.82, 2.24) is 0 Å². The van der Waals surface area contributed by atoms with Gasteiger partial charge in [-0.15, -0.1) is 0 Å². The lowest BCUT2D eigenvalue weighted by atomic mass is 9.95. The monoisotopic (exact) mass is 332 g/mol. The summed E-state index contributed by atoms with van der Waals surface area (Å²) in [6.07, 6.45) is 0. The first kappa shape index (κ1) is 13.0. The van der Waals surface area contributed by atoms with E-state index in [1.54, 1.807) is 36.4 Å². The number of carbonyl (C=O) groups excluding carboxylic acids is 2. The van der Waals surface area contributed by atoms with Crippen LogP contribution in [0.4, 0.5) is 0 Å². The number of rotatable bonds is 2. The van der Waals surface area contributed by atoms with Gasteiger partial charge in [-0.1, -0.05) is 46.3 Å². The van der Waals surface area contributed by atoms with Gasteiger partial charge >= 0.3 is 11.8 Å². The highest BCUT2D eigenvalue weighted by molar-refractivity contribution is 9.10. The summed E-state index contributed by atoms with van der Waals surface area (Å²) >= 11 is 3.27. The second kappa shape index (κ2) is 4.54. The van der Waals surface area contributed by atoms with Crippen LogP contribution in [0.15, 0.2) is 53.0 Å². The van der Waals surface area contributed by atoms with Crippen LogP contribution in [0.5, 0.6) is 0 Å². The molecule has 1 aliphatic rings. The van der Waals surface area contributed by atoms with Gasteiger partial charge in [0.25, 0.3) is 0 Å². The normalized spacial score (nSPS) is 20.4. The Bertz CT molecular complexity index is 708. The van der Waals surface area contributed by atoms with Gasteiger partial charge in [0.1, 0.15) is 0 Å². The molecule has 100 valence electrons. The maximum absolute atomic E-state index is 12.4. The number of Topliss-reactive ketones (excluding diaryl/α,β-unsaturated/α-hetero) is 1. The first-order chi connectivity index (χ1) is 9.52. The highest BCUT2D eigenvalue weighted by Crippen LogP contribution is 2.36. The molecule has 0 spiro atoms. The van der Waals surface area contributed by atoms with E-state index in [0.717, 1.165) is 4.47 Å². The first-order valence-corrected chi connectivity index (χ1v) is 6.67. The number of carbonyl (C=O) groups is 2. The van der Waals surface area contributed by atoms with Gasteiger partial charge in [0.2, 0.25) is 5.78 Å². The van der Waals surface area contributed by atoms with E-state index in [-0.39, 0.29) is 16.7 Å². The Morgan fingerprint density at radius 2 is 1.75 bits per heavy atom. The Hall–Kier alpha value is -1.98. The van der Waals surface area contributed by atoms with E-state index in [1.807, 2.05) is 0 Å². The van der Waals surface area contributed by atoms with Gasteiger partial charge in [-0.25, -0.2) is 4.79 Å². The van der Waals surface area contributed by atoms with E-state index in [0.29, 0.717) is 0 Å². The van der Waals surface area contributed by atoms with Gasteiger partial charge in [0.15, 0.2) is 0 Å². The lowest BCUT2D eigenvalue weighted by molar-refractivity contribution is -0.125. The minimum atomic E-state index is -2.25. The van der Waals surface area contributed by atoms with E-state index in [4.69, 9.17) is 4.74 Å². The lowest BCUT2D eigenvalue weighted by Gasteiger charge is -2.20. The molecule has 0 saturated heterocycles. The predicted octanol–water partition coefficient (Wildman–Crippen LogP) is 2.65. The molecule has 5 heteroatoms. The number of cyclic esters (lactones) is 1. The van der Waals surface area contributed by atoms with Crippen molar-refractivity contribution in [3.8, 4) is 0 Å². The maximum Gasteiger partial charge on any atom is 0.341 e. The molecule has 0 bridgehead atoms. The summed E-state index contributed by atoms with van der Waals surface area (Å²) in [6.45, 7) is 0. The molecule has 0 aliphatic carbocycles. The highest BCUT2D eigenvalue weighted by Gasteiger charge is 2.50. The fourth-order valence-electron chi connectivity index (χ4n) is 2.17. The Labute approximate surface area is 123 Å². The van der Waals surface area contributed by atoms with Crippen molar-refractivity contribution in [2.75, 3.05) is 0 Å².